The van der Waals surface area contributed by atoms with E-state index in [0.29, 0.717) is 16.7 Å². The molecule has 0 bridgehead atoms. The molecule has 0 saturated carbocycles. The Hall–Kier alpha value is -1.55. The lowest BCUT2D eigenvalue weighted by molar-refractivity contribution is -0.0944. The fourth-order valence-corrected chi connectivity index (χ4v) is 5.59. The van der Waals surface area contributed by atoms with E-state index in [2.05, 4.69) is 27.3 Å². The number of amides is 1. The molecule has 1 spiro atoms. The van der Waals surface area contributed by atoms with Crippen LogP contribution in [0, 0.1) is 0 Å². The van der Waals surface area contributed by atoms with E-state index in [0.717, 1.165) is 50.4 Å². The normalized spacial score (nSPS) is 19.4. The molecular formula is C17H23N5O2S2. The van der Waals surface area contributed by atoms with Gasteiger partial charge in [0, 0.05) is 18.0 Å². The van der Waals surface area contributed by atoms with Gasteiger partial charge in [0.25, 0.3) is 5.91 Å². The Kier molecular flexibility index (Phi) is 4.96. The summed E-state index contributed by atoms with van der Waals surface area (Å²) in [6.45, 7) is 6.47. The van der Waals surface area contributed by atoms with Crippen LogP contribution in [0.25, 0.3) is 0 Å². The van der Waals surface area contributed by atoms with Crippen molar-refractivity contribution in [3.8, 4) is 0 Å². The summed E-state index contributed by atoms with van der Waals surface area (Å²) in [4.78, 5) is 17.0. The summed E-state index contributed by atoms with van der Waals surface area (Å²) in [6.07, 6.45) is 2.88. The summed E-state index contributed by atoms with van der Waals surface area (Å²) in [6, 6.07) is 2.04. The zero-order valence-corrected chi connectivity index (χ0v) is 16.4. The molecule has 4 rings (SSSR count). The van der Waals surface area contributed by atoms with Crippen LogP contribution in [0.1, 0.15) is 44.9 Å². The van der Waals surface area contributed by atoms with Crippen molar-refractivity contribution in [2.24, 2.45) is 0 Å². The number of nitrogens with one attached hydrogen (secondary N) is 1. The molecule has 0 aromatic carbocycles. The van der Waals surface area contributed by atoms with Gasteiger partial charge in [-0.2, -0.15) is 0 Å². The third-order valence-corrected chi connectivity index (χ3v) is 7.30. The molecule has 9 heteroatoms. The van der Waals surface area contributed by atoms with Crippen LogP contribution in [-0.4, -0.2) is 47.2 Å². The smallest absolute Gasteiger partial charge is 0.261 e. The second-order valence-corrected chi connectivity index (χ2v) is 8.85. The van der Waals surface area contributed by atoms with Gasteiger partial charge < -0.3 is 20.7 Å². The number of rotatable bonds is 4. The molecule has 2 aliphatic rings. The van der Waals surface area contributed by atoms with Crippen LogP contribution in [0.3, 0.4) is 0 Å². The Labute approximate surface area is 160 Å². The molecule has 2 aromatic heterocycles. The molecule has 1 amide bonds. The Morgan fingerprint density at radius 1 is 1.38 bits per heavy atom. The van der Waals surface area contributed by atoms with E-state index in [1.807, 2.05) is 6.07 Å². The predicted molar refractivity (Wildman–Crippen MR) is 102 cm³/mol. The molecule has 0 atom stereocenters. The molecule has 0 aliphatic carbocycles. The van der Waals surface area contributed by atoms with Gasteiger partial charge in [0.2, 0.25) is 5.13 Å². The molecule has 0 radical (unpaired) electrons. The third-order valence-electron chi connectivity index (χ3n) is 5.19. The number of hydrogen-bond donors (Lipinski definition) is 2. The molecule has 140 valence electrons. The lowest BCUT2D eigenvalue weighted by atomic mass is 9.85. The lowest BCUT2D eigenvalue weighted by Crippen LogP contribution is -2.45. The Balaban J connectivity index is 1.49. The van der Waals surface area contributed by atoms with Crippen LogP contribution in [0.2, 0.25) is 0 Å². The average molecular weight is 394 g/mol. The monoisotopic (exact) mass is 393 g/mol. The van der Waals surface area contributed by atoms with Crippen molar-refractivity contribution in [1.82, 2.24) is 20.4 Å². The number of piperidine rings is 1. The summed E-state index contributed by atoms with van der Waals surface area (Å²) in [5.41, 5.74) is 6.65. The summed E-state index contributed by atoms with van der Waals surface area (Å²) < 4.78 is 6.27. The second kappa shape index (κ2) is 7.22. The minimum atomic E-state index is -0.198. The summed E-state index contributed by atoms with van der Waals surface area (Å²) >= 11 is 2.88. The van der Waals surface area contributed by atoms with Gasteiger partial charge in [0.15, 0.2) is 0 Å². The predicted octanol–water partition coefficient (Wildman–Crippen LogP) is 2.00. The summed E-state index contributed by atoms with van der Waals surface area (Å²) in [5, 5.41) is 11.8. The van der Waals surface area contributed by atoms with Crippen molar-refractivity contribution in [3.05, 3.63) is 26.4 Å². The van der Waals surface area contributed by atoms with Crippen LogP contribution in [0.5, 0.6) is 0 Å². The first kappa shape index (κ1) is 17.8. The van der Waals surface area contributed by atoms with Crippen molar-refractivity contribution in [2.75, 3.05) is 32.0 Å². The largest absolute Gasteiger partial charge is 0.374 e. The number of fused-ring (bicyclic) bond motifs is 2. The molecule has 4 heterocycles. The van der Waals surface area contributed by atoms with Crippen molar-refractivity contribution in [1.29, 1.82) is 0 Å². The van der Waals surface area contributed by atoms with E-state index >= 15 is 0 Å². The van der Waals surface area contributed by atoms with Gasteiger partial charge in [-0.25, -0.2) is 0 Å². The summed E-state index contributed by atoms with van der Waals surface area (Å²) in [7, 11) is 0. The Morgan fingerprint density at radius 2 is 2.19 bits per heavy atom. The first-order chi connectivity index (χ1) is 12.6. The van der Waals surface area contributed by atoms with Gasteiger partial charge in [0.1, 0.15) is 10.6 Å². The molecule has 2 aliphatic heterocycles. The molecule has 2 aromatic rings. The molecular weight excluding hydrogens is 370 g/mol. The number of thiophene rings is 1. The van der Waals surface area contributed by atoms with Crippen LogP contribution < -0.4 is 11.1 Å². The number of nitrogens with zero attached hydrogens (tertiary/aromatic N) is 3. The van der Waals surface area contributed by atoms with E-state index in [1.165, 1.54) is 21.8 Å². The third kappa shape index (κ3) is 3.36. The number of carbonyl (C=O) groups excluding carboxylic acids is 1. The SMILES string of the molecule is CCN1CCC2(CC1)OCCc1cc(C(=O)NCc3nnc(N)s3)sc12. The number of likely N-dealkylation sites (tertiary alicyclic amines) is 1. The van der Waals surface area contributed by atoms with Crippen molar-refractivity contribution in [2.45, 2.75) is 38.3 Å². The minimum Gasteiger partial charge on any atom is -0.374 e. The highest BCUT2D eigenvalue weighted by atomic mass is 32.1. The number of nitrogens with two attached hydrogens (primary N) is 1. The number of carbonyl (C=O) groups is 1. The van der Waals surface area contributed by atoms with Crippen molar-refractivity contribution < 1.29 is 9.53 Å². The van der Waals surface area contributed by atoms with Gasteiger partial charge in [-0.1, -0.05) is 18.3 Å². The van der Waals surface area contributed by atoms with E-state index in [-0.39, 0.29) is 11.5 Å². The number of nitrogen functional groups attached to an aromatic ring is 1. The molecule has 7 nitrogen and oxygen atoms in total. The molecule has 1 fully saturated rings. The van der Waals surface area contributed by atoms with Gasteiger partial charge in [-0.15, -0.1) is 21.5 Å². The molecule has 1 saturated heterocycles. The Morgan fingerprint density at radius 3 is 2.88 bits per heavy atom. The number of ether oxygens (including phenoxy) is 1. The summed E-state index contributed by atoms with van der Waals surface area (Å²) in [5.74, 6) is -0.0701. The first-order valence-electron chi connectivity index (χ1n) is 8.95. The lowest BCUT2D eigenvalue weighted by Gasteiger charge is -2.43. The van der Waals surface area contributed by atoms with Crippen LogP contribution >= 0.6 is 22.7 Å². The fraction of sp³-hybridized carbons (Fsp3) is 0.588. The maximum atomic E-state index is 12.6. The van der Waals surface area contributed by atoms with E-state index in [9.17, 15) is 4.79 Å². The highest BCUT2D eigenvalue weighted by molar-refractivity contribution is 7.15. The highest BCUT2D eigenvalue weighted by Gasteiger charge is 2.42. The quantitative estimate of drug-likeness (QED) is 0.825. The minimum absolute atomic E-state index is 0.0701. The van der Waals surface area contributed by atoms with E-state index < -0.39 is 0 Å². The van der Waals surface area contributed by atoms with Crippen LogP contribution in [0.15, 0.2) is 6.07 Å². The topological polar surface area (TPSA) is 93.4 Å². The van der Waals surface area contributed by atoms with Crippen LogP contribution in [0.4, 0.5) is 5.13 Å². The zero-order chi connectivity index (χ0) is 18.1. The average Bonchev–Trinajstić information content (AvgIpc) is 3.28. The number of hydrogen-bond acceptors (Lipinski definition) is 8. The van der Waals surface area contributed by atoms with Crippen LogP contribution in [-0.2, 0) is 23.3 Å². The van der Waals surface area contributed by atoms with E-state index in [4.69, 9.17) is 10.5 Å². The number of anilines is 1. The highest BCUT2D eigenvalue weighted by Crippen LogP contribution is 2.45. The van der Waals surface area contributed by atoms with Crippen molar-refractivity contribution >= 4 is 33.7 Å². The van der Waals surface area contributed by atoms with Gasteiger partial charge >= 0.3 is 0 Å². The maximum absolute atomic E-state index is 12.6. The molecule has 0 unspecified atom stereocenters. The van der Waals surface area contributed by atoms with Gasteiger partial charge in [-0.3, -0.25) is 4.79 Å². The Bertz CT molecular complexity index is 795. The standard InChI is InChI=1S/C17H23N5O2S2/c1-2-22-6-4-17(5-7-22)14-11(3-8-24-17)9-12(25-14)15(23)19-10-13-20-21-16(18)26-13/h9H,2-8,10H2,1H3,(H2,18,21)(H,19,23). The first-order valence-corrected chi connectivity index (χ1v) is 10.6. The zero-order valence-electron chi connectivity index (χ0n) is 14.8. The van der Waals surface area contributed by atoms with Gasteiger partial charge in [-0.05, 0) is 37.4 Å². The fourth-order valence-electron chi connectivity index (χ4n) is 3.72. The van der Waals surface area contributed by atoms with Crippen molar-refractivity contribution in [3.63, 3.8) is 0 Å². The second-order valence-electron chi connectivity index (χ2n) is 6.71. The van der Waals surface area contributed by atoms with Gasteiger partial charge in [0.05, 0.1) is 18.0 Å². The molecule has 26 heavy (non-hydrogen) atoms. The number of aromatic nitrogens is 2. The van der Waals surface area contributed by atoms with E-state index in [1.54, 1.807) is 11.3 Å². The molecule has 3 N–H and O–H groups in total. The maximum Gasteiger partial charge on any atom is 0.261 e.